The molecule has 1 atom stereocenters. The van der Waals surface area contributed by atoms with Gasteiger partial charge in [-0.15, -0.1) is 11.3 Å². The Morgan fingerprint density at radius 2 is 2.00 bits per heavy atom. The molecule has 0 saturated carbocycles. The number of amides is 1. The Bertz CT molecular complexity index is 960. The van der Waals surface area contributed by atoms with Crippen molar-refractivity contribution in [3.63, 3.8) is 0 Å². The molecule has 5 nitrogen and oxygen atoms in total. The molecule has 2 heterocycles. The molecule has 3 rings (SSSR count). The zero-order chi connectivity index (χ0) is 18.0. The molecule has 0 bridgehead atoms. The number of rotatable bonds is 6. The van der Waals surface area contributed by atoms with E-state index in [0.29, 0.717) is 28.9 Å². The van der Waals surface area contributed by atoms with Gasteiger partial charge < -0.3 is 5.73 Å². The highest BCUT2D eigenvalue weighted by Crippen LogP contribution is 2.31. The third-order valence-corrected chi connectivity index (χ3v) is 5.31. The van der Waals surface area contributed by atoms with Crippen molar-refractivity contribution in [3.05, 3.63) is 52.6 Å². The van der Waals surface area contributed by atoms with Gasteiger partial charge in [0, 0.05) is 11.3 Å². The largest absolute Gasteiger partial charge is 0.368 e. The molecule has 25 heavy (non-hydrogen) atoms. The van der Waals surface area contributed by atoms with Gasteiger partial charge in [0.15, 0.2) is 0 Å². The fraction of sp³-hybridized carbons (Fsp3) is 0.316. The summed E-state index contributed by atoms with van der Waals surface area (Å²) in [6.45, 7) is 3.88. The van der Waals surface area contributed by atoms with Crippen molar-refractivity contribution in [1.29, 1.82) is 0 Å². The molecular weight excluding hydrogens is 334 g/mol. The maximum Gasteiger partial charge on any atom is 0.263 e. The van der Waals surface area contributed by atoms with E-state index in [0.717, 1.165) is 16.9 Å². The van der Waals surface area contributed by atoms with Crippen molar-refractivity contribution in [2.75, 3.05) is 0 Å². The molecule has 0 spiro atoms. The number of hydrogen-bond donors (Lipinski definition) is 1. The van der Waals surface area contributed by atoms with Crippen LogP contribution < -0.4 is 11.3 Å². The Hall–Kier alpha value is -2.47. The quantitative estimate of drug-likeness (QED) is 0.735. The number of carbonyl (C=O) groups excluding carboxylic acids is 1. The first-order valence-corrected chi connectivity index (χ1v) is 9.28. The Morgan fingerprint density at radius 3 is 2.60 bits per heavy atom. The van der Waals surface area contributed by atoms with Gasteiger partial charge in [0.25, 0.3) is 5.56 Å². The van der Waals surface area contributed by atoms with Gasteiger partial charge >= 0.3 is 0 Å². The number of thiophene rings is 1. The number of benzene rings is 1. The van der Waals surface area contributed by atoms with Gasteiger partial charge in [0.1, 0.15) is 16.7 Å². The van der Waals surface area contributed by atoms with E-state index in [4.69, 9.17) is 10.7 Å². The highest BCUT2D eigenvalue weighted by atomic mass is 32.1. The number of primary amides is 1. The van der Waals surface area contributed by atoms with Crippen LogP contribution in [0.1, 0.15) is 38.6 Å². The van der Waals surface area contributed by atoms with E-state index in [1.54, 1.807) is 0 Å². The predicted molar refractivity (Wildman–Crippen MR) is 102 cm³/mol. The minimum atomic E-state index is -0.661. The summed E-state index contributed by atoms with van der Waals surface area (Å²) in [6, 6.07) is 11.1. The average molecular weight is 355 g/mol. The van der Waals surface area contributed by atoms with E-state index in [2.05, 4.69) is 0 Å². The SMILES string of the molecule is CCCc1nc2sc(-c3ccccc3)cc2c(=O)n1C(CC)C(N)=O. The second-order valence-corrected chi connectivity index (χ2v) is 7.01. The summed E-state index contributed by atoms with van der Waals surface area (Å²) in [6.07, 6.45) is 1.94. The predicted octanol–water partition coefficient (Wildman–Crippen LogP) is 3.51. The van der Waals surface area contributed by atoms with E-state index >= 15 is 0 Å². The van der Waals surface area contributed by atoms with Crippen LogP contribution in [0.3, 0.4) is 0 Å². The summed E-state index contributed by atoms with van der Waals surface area (Å²) in [5, 5.41) is 0.545. The van der Waals surface area contributed by atoms with Crippen LogP contribution in [0.2, 0.25) is 0 Å². The number of nitrogens with zero attached hydrogens (tertiary/aromatic N) is 2. The smallest absolute Gasteiger partial charge is 0.263 e. The van der Waals surface area contributed by atoms with Crippen LogP contribution in [0.15, 0.2) is 41.2 Å². The Balaban J connectivity index is 2.25. The minimum Gasteiger partial charge on any atom is -0.368 e. The van der Waals surface area contributed by atoms with Gasteiger partial charge in [0.05, 0.1) is 5.39 Å². The Labute approximate surface area is 150 Å². The molecular formula is C19H21N3O2S. The highest BCUT2D eigenvalue weighted by molar-refractivity contribution is 7.21. The third-order valence-electron chi connectivity index (χ3n) is 4.23. The molecule has 2 aromatic heterocycles. The first-order valence-electron chi connectivity index (χ1n) is 8.46. The summed E-state index contributed by atoms with van der Waals surface area (Å²) in [5.74, 6) is 0.133. The minimum absolute atomic E-state index is 0.183. The van der Waals surface area contributed by atoms with Gasteiger partial charge in [-0.3, -0.25) is 14.2 Å². The van der Waals surface area contributed by atoms with E-state index in [9.17, 15) is 9.59 Å². The first-order chi connectivity index (χ1) is 12.1. The number of aryl methyl sites for hydroxylation is 1. The molecule has 1 unspecified atom stereocenters. The summed E-state index contributed by atoms with van der Waals surface area (Å²) in [5.41, 5.74) is 6.40. The first kappa shape index (κ1) is 17.4. The van der Waals surface area contributed by atoms with Crippen LogP contribution in [0.5, 0.6) is 0 Å². The van der Waals surface area contributed by atoms with Gasteiger partial charge in [-0.25, -0.2) is 4.98 Å². The summed E-state index contributed by atoms with van der Waals surface area (Å²) >= 11 is 1.50. The third kappa shape index (κ3) is 3.22. The average Bonchev–Trinajstić information content (AvgIpc) is 3.03. The molecule has 1 aromatic carbocycles. The molecule has 6 heteroatoms. The van der Waals surface area contributed by atoms with Gasteiger partial charge in [-0.05, 0) is 24.5 Å². The zero-order valence-electron chi connectivity index (χ0n) is 14.4. The van der Waals surface area contributed by atoms with E-state index < -0.39 is 11.9 Å². The second kappa shape index (κ2) is 7.19. The molecule has 1 amide bonds. The number of nitrogens with two attached hydrogens (primary N) is 1. The van der Waals surface area contributed by atoms with Gasteiger partial charge in [0.2, 0.25) is 5.91 Å². The standard InChI is InChI=1S/C19H21N3O2S/c1-3-8-16-21-18-13(19(24)22(16)14(4-2)17(20)23)11-15(25-18)12-9-6-5-7-10-12/h5-7,9-11,14H,3-4,8H2,1-2H3,(H2,20,23). The molecule has 0 fully saturated rings. The maximum atomic E-state index is 13.1. The topological polar surface area (TPSA) is 78.0 Å². The van der Waals surface area contributed by atoms with Crippen LogP contribution in [-0.2, 0) is 11.2 Å². The van der Waals surface area contributed by atoms with Crippen molar-refractivity contribution in [2.45, 2.75) is 39.2 Å². The lowest BCUT2D eigenvalue weighted by Crippen LogP contribution is -2.36. The Kier molecular flexibility index (Phi) is 4.99. The highest BCUT2D eigenvalue weighted by Gasteiger charge is 2.23. The van der Waals surface area contributed by atoms with Crippen LogP contribution in [0, 0.1) is 0 Å². The normalized spacial score (nSPS) is 12.4. The van der Waals surface area contributed by atoms with E-state index in [1.165, 1.54) is 15.9 Å². The Morgan fingerprint density at radius 1 is 1.28 bits per heavy atom. The van der Waals surface area contributed by atoms with Crippen molar-refractivity contribution >= 4 is 27.5 Å². The molecule has 130 valence electrons. The monoisotopic (exact) mass is 355 g/mol. The lowest BCUT2D eigenvalue weighted by Gasteiger charge is -2.18. The fourth-order valence-corrected chi connectivity index (χ4v) is 4.06. The lowest BCUT2D eigenvalue weighted by atomic mass is 10.1. The molecule has 0 aliphatic heterocycles. The van der Waals surface area contributed by atoms with Crippen molar-refractivity contribution in [1.82, 2.24) is 9.55 Å². The van der Waals surface area contributed by atoms with E-state index in [-0.39, 0.29) is 5.56 Å². The lowest BCUT2D eigenvalue weighted by molar-refractivity contribution is -0.121. The van der Waals surface area contributed by atoms with Crippen LogP contribution >= 0.6 is 11.3 Å². The van der Waals surface area contributed by atoms with Crippen molar-refractivity contribution < 1.29 is 4.79 Å². The van der Waals surface area contributed by atoms with Crippen LogP contribution in [-0.4, -0.2) is 15.5 Å². The second-order valence-electron chi connectivity index (χ2n) is 5.98. The molecule has 0 aliphatic rings. The molecule has 0 saturated heterocycles. The van der Waals surface area contributed by atoms with Gasteiger partial charge in [-0.2, -0.15) is 0 Å². The van der Waals surface area contributed by atoms with Crippen molar-refractivity contribution in [3.8, 4) is 10.4 Å². The van der Waals surface area contributed by atoms with Crippen LogP contribution in [0.4, 0.5) is 0 Å². The molecule has 3 aromatic rings. The summed E-state index contributed by atoms with van der Waals surface area (Å²) in [7, 11) is 0. The number of fused-ring (bicyclic) bond motifs is 1. The summed E-state index contributed by atoms with van der Waals surface area (Å²) < 4.78 is 1.50. The molecule has 0 aliphatic carbocycles. The maximum absolute atomic E-state index is 13.1. The van der Waals surface area contributed by atoms with Gasteiger partial charge in [-0.1, -0.05) is 44.2 Å². The van der Waals surface area contributed by atoms with E-state index in [1.807, 2.05) is 50.2 Å². The molecule has 0 radical (unpaired) electrons. The number of aromatic nitrogens is 2. The fourth-order valence-electron chi connectivity index (χ4n) is 3.01. The number of carbonyl (C=O) groups is 1. The number of hydrogen-bond acceptors (Lipinski definition) is 4. The zero-order valence-corrected chi connectivity index (χ0v) is 15.2. The molecule has 2 N–H and O–H groups in total. The van der Waals surface area contributed by atoms with Crippen LogP contribution in [0.25, 0.3) is 20.7 Å². The van der Waals surface area contributed by atoms with Crippen molar-refractivity contribution in [2.24, 2.45) is 5.73 Å². The summed E-state index contributed by atoms with van der Waals surface area (Å²) in [4.78, 5) is 31.3.